The maximum Gasteiger partial charge on any atom is 0.265 e. The molecular formula is C18H19Cl2NO3. The molecule has 1 amide bonds. The van der Waals surface area contributed by atoms with Gasteiger partial charge < -0.3 is 14.8 Å². The molecule has 0 radical (unpaired) electrons. The van der Waals surface area contributed by atoms with Crippen molar-refractivity contribution in [2.75, 3.05) is 12.4 Å². The molecule has 0 bridgehead atoms. The van der Waals surface area contributed by atoms with E-state index in [2.05, 4.69) is 5.32 Å². The molecule has 0 spiro atoms. The van der Waals surface area contributed by atoms with Crippen LogP contribution in [0.2, 0.25) is 10.0 Å². The molecule has 0 aliphatic rings. The van der Waals surface area contributed by atoms with Crippen LogP contribution in [-0.2, 0) is 4.79 Å². The minimum absolute atomic E-state index is 0.273. The molecular weight excluding hydrogens is 349 g/mol. The molecule has 2 aromatic carbocycles. The molecule has 4 nitrogen and oxygen atoms in total. The van der Waals surface area contributed by atoms with Crippen LogP contribution in [0.1, 0.15) is 18.9 Å². The van der Waals surface area contributed by atoms with Crippen molar-refractivity contribution in [1.29, 1.82) is 0 Å². The summed E-state index contributed by atoms with van der Waals surface area (Å²) in [6, 6.07) is 10.3. The fourth-order valence-corrected chi connectivity index (χ4v) is 2.46. The Morgan fingerprint density at radius 1 is 1.21 bits per heavy atom. The minimum Gasteiger partial charge on any atom is -0.495 e. The molecule has 1 unspecified atom stereocenters. The smallest absolute Gasteiger partial charge is 0.265 e. The Bertz CT molecular complexity index is 734. The van der Waals surface area contributed by atoms with Crippen LogP contribution in [-0.4, -0.2) is 19.1 Å². The fourth-order valence-electron chi connectivity index (χ4n) is 2.17. The van der Waals surface area contributed by atoms with Crippen LogP contribution in [0.15, 0.2) is 36.4 Å². The number of hydrogen-bond donors (Lipinski definition) is 1. The van der Waals surface area contributed by atoms with Gasteiger partial charge in [-0.15, -0.1) is 0 Å². The van der Waals surface area contributed by atoms with E-state index < -0.39 is 6.10 Å². The topological polar surface area (TPSA) is 47.6 Å². The lowest BCUT2D eigenvalue weighted by atomic mass is 10.2. The summed E-state index contributed by atoms with van der Waals surface area (Å²) in [4.78, 5) is 12.5. The molecule has 1 N–H and O–H groups in total. The molecule has 1 atom stereocenters. The second kappa shape index (κ2) is 8.27. The molecule has 0 heterocycles. The quantitative estimate of drug-likeness (QED) is 0.771. The van der Waals surface area contributed by atoms with Gasteiger partial charge >= 0.3 is 0 Å². The zero-order valence-corrected chi connectivity index (χ0v) is 15.2. The van der Waals surface area contributed by atoms with E-state index >= 15 is 0 Å². The highest BCUT2D eigenvalue weighted by molar-refractivity contribution is 6.31. The number of anilines is 1. The molecule has 24 heavy (non-hydrogen) atoms. The van der Waals surface area contributed by atoms with Crippen molar-refractivity contribution in [3.05, 3.63) is 52.0 Å². The SMILES string of the molecule is CCC(Oc1ccc(Cl)c(C)c1)C(=O)Nc1cc(Cl)ccc1OC. The summed E-state index contributed by atoms with van der Waals surface area (Å²) in [7, 11) is 1.53. The van der Waals surface area contributed by atoms with Crippen molar-refractivity contribution >= 4 is 34.8 Å². The van der Waals surface area contributed by atoms with Gasteiger partial charge in [0.25, 0.3) is 5.91 Å². The third-order valence-electron chi connectivity index (χ3n) is 3.49. The molecule has 0 aromatic heterocycles. The summed E-state index contributed by atoms with van der Waals surface area (Å²) >= 11 is 12.0. The molecule has 0 saturated carbocycles. The second-order valence-corrected chi connectivity index (χ2v) is 6.10. The summed E-state index contributed by atoms with van der Waals surface area (Å²) in [5.41, 5.74) is 1.39. The van der Waals surface area contributed by atoms with Gasteiger partial charge in [0.15, 0.2) is 6.10 Å². The highest BCUT2D eigenvalue weighted by atomic mass is 35.5. The van der Waals surface area contributed by atoms with Crippen molar-refractivity contribution in [3.8, 4) is 11.5 Å². The third kappa shape index (κ3) is 4.56. The number of hydrogen-bond acceptors (Lipinski definition) is 3. The summed E-state index contributed by atoms with van der Waals surface area (Å²) in [5.74, 6) is 0.854. The summed E-state index contributed by atoms with van der Waals surface area (Å²) < 4.78 is 11.0. The van der Waals surface area contributed by atoms with Gasteiger partial charge in [-0.1, -0.05) is 30.1 Å². The first-order chi connectivity index (χ1) is 11.4. The van der Waals surface area contributed by atoms with Crippen molar-refractivity contribution in [3.63, 3.8) is 0 Å². The zero-order chi connectivity index (χ0) is 17.7. The van der Waals surface area contributed by atoms with Crippen LogP contribution in [0, 0.1) is 6.92 Å². The van der Waals surface area contributed by atoms with E-state index in [0.717, 1.165) is 5.56 Å². The van der Waals surface area contributed by atoms with Crippen LogP contribution in [0.25, 0.3) is 0 Å². The van der Waals surface area contributed by atoms with E-state index in [4.69, 9.17) is 32.7 Å². The number of carbonyl (C=O) groups is 1. The highest BCUT2D eigenvalue weighted by Gasteiger charge is 2.20. The number of ether oxygens (including phenoxy) is 2. The van der Waals surface area contributed by atoms with E-state index in [9.17, 15) is 4.79 Å². The number of carbonyl (C=O) groups excluding carboxylic acids is 1. The number of nitrogens with one attached hydrogen (secondary N) is 1. The highest BCUT2D eigenvalue weighted by Crippen LogP contribution is 2.28. The number of halogens is 2. The van der Waals surface area contributed by atoms with Gasteiger partial charge in [-0.3, -0.25) is 4.79 Å². The Kier molecular flexibility index (Phi) is 6.35. The number of benzene rings is 2. The van der Waals surface area contributed by atoms with Gasteiger partial charge in [-0.2, -0.15) is 0 Å². The standard InChI is InChI=1S/C18H19Cl2NO3/c1-4-16(24-13-6-7-14(20)11(2)9-13)18(22)21-15-10-12(19)5-8-17(15)23-3/h5-10,16H,4H2,1-3H3,(H,21,22). The van der Waals surface area contributed by atoms with E-state index in [0.29, 0.717) is 33.7 Å². The van der Waals surface area contributed by atoms with Gasteiger partial charge in [0.2, 0.25) is 0 Å². The number of amides is 1. The molecule has 128 valence electrons. The Balaban J connectivity index is 2.14. The van der Waals surface area contributed by atoms with Gasteiger partial charge in [0.05, 0.1) is 12.8 Å². The Morgan fingerprint density at radius 3 is 2.58 bits per heavy atom. The summed E-state index contributed by atoms with van der Waals surface area (Å²) in [6.07, 6.45) is -0.134. The molecule has 0 aliphatic carbocycles. The molecule has 2 aromatic rings. The maximum absolute atomic E-state index is 12.5. The van der Waals surface area contributed by atoms with Crippen LogP contribution < -0.4 is 14.8 Å². The average Bonchev–Trinajstić information content (AvgIpc) is 2.56. The Labute approximate surface area is 151 Å². The van der Waals surface area contributed by atoms with Crippen LogP contribution in [0.4, 0.5) is 5.69 Å². The monoisotopic (exact) mass is 367 g/mol. The predicted octanol–water partition coefficient (Wildman–Crippen LogP) is 5.11. The first-order valence-electron chi connectivity index (χ1n) is 7.51. The Morgan fingerprint density at radius 2 is 1.96 bits per heavy atom. The van der Waals surface area contributed by atoms with Gasteiger partial charge in [0, 0.05) is 10.0 Å². The fraction of sp³-hybridized carbons (Fsp3) is 0.278. The molecule has 0 fully saturated rings. The van der Waals surface area contributed by atoms with E-state index in [1.807, 2.05) is 13.8 Å². The van der Waals surface area contributed by atoms with Gasteiger partial charge in [-0.05, 0) is 55.3 Å². The second-order valence-electron chi connectivity index (χ2n) is 5.26. The van der Waals surface area contributed by atoms with Crippen LogP contribution >= 0.6 is 23.2 Å². The zero-order valence-electron chi connectivity index (χ0n) is 13.7. The third-order valence-corrected chi connectivity index (χ3v) is 4.15. The largest absolute Gasteiger partial charge is 0.495 e. The number of rotatable bonds is 6. The first kappa shape index (κ1) is 18.4. The van der Waals surface area contributed by atoms with Crippen molar-refractivity contribution in [2.45, 2.75) is 26.4 Å². The normalized spacial score (nSPS) is 11.7. The lowest BCUT2D eigenvalue weighted by molar-refractivity contribution is -0.122. The van der Waals surface area contributed by atoms with Crippen LogP contribution in [0.3, 0.4) is 0 Å². The van der Waals surface area contributed by atoms with E-state index in [1.54, 1.807) is 36.4 Å². The summed E-state index contributed by atoms with van der Waals surface area (Å²) in [5, 5.41) is 3.96. The molecule has 0 saturated heterocycles. The molecule has 0 aliphatic heterocycles. The number of methoxy groups -OCH3 is 1. The lowest BCUT2D eigenvalue weighted by Gasteiger charge is -2.19. The summed E-state index contributed by atoms with van der Waals surface area (Å²) in [6.45, 7) is 3.76. The predicted molar refractivity (Wildman–Crippen MR) is 97.5 cm³/mol. The Hall–Kier alpha value is -1.91. The van der Waals surface area contributed by atoms with E-state index in [-0.39, 0.29) is 5.91 Å². The van der Waals surface area contributed by atoms with Crippen LogP contribution in [0.5, 0.6) is 11.5 Å². The minimum atomic E-state index is -0.644. The maximum atomic E-state index is 12.5. The van der Waals surface area contributed by atoms with E-state index in [1.165, 1.54) is 7.11 Å². The van der Waals surface area contributed by atoms with Gasteiger partial charge in [-0.25, -0.2) is 0 Å². The molecule has 2 rings (SSSR count). The van der Waals surface area contributed by atoms with Gasteiger partial charge in [0.1, 0.15) is 11.5 Å². The average molecular weight is 368 g/mol. The lowest BCUT2D eigenvalue weighted by Crippen LogP contribution is -2.32. The number of aryl methyl sites for hydroxylation is 1. The van der Waals surface area contributed by atoms with Crippen molar-refractivity contribution in [1.82, 2.24) is 0 Å². The first-order valence-corrected chi connectivity index (χ1v) is 8.27. The van der Waals surface area contributed by atoms with Crippen molar-refractivity contribution in [2.24, 2.45) is 0 Å². The van der Waals surface area contributed by atoms with Crippen molar-refractivity contribution < 1.29 is 14.3 Å². The molecule has 6 heteroatoms.